The molecule has 3 rings (SSSR count). The van der Waals surface area contributed by atoms with Crippen molar-refractivity contribution < 1.29 is 9.90 Å². The summed E-state index contributed by atoms with van der Waals surface area (Å²) in [6.45, 7) is 10.3. The Hall–Kier alpha value is -2.69. The van der Waals surface area contributed by atoms with Crippen molar-refractivity contribution in [2.45, 2.75) is 41.0 Å². The summed E-state index contributed by atoms with van der Waals surface area (Å²) in [5, 5.41) is 13.5. The van der Waals surface area contributed by atoms with Gasteiger partial charge >= 0.3 is 5.97 Å². The van der Waals surface area contributed by atoms with Gasteiger partial charge in [0, 0.05) is 17.8 Å². The topological polar surface area (TPSA) is 67.5 Å². The summed E-state index contributed by atoms with van der Waals surface area (Å²) >= 11 is 0. The van der Waals surface area contributed by atoms with Crippen molar-refractivity contribution >= 4 is 11.6 Å². The van der Waals surface area contributed by atoms with Crippen molar-refractivity contribution in [3.05, 3.63) is 63.1 Å². The first-order valence-corrected chi connectivity index (χ1v) is 7.93. The minimum absolute atomic E-state index is 0.135. The molecule has 0 saturated heterocycles. The second-order valence-electron chi connectivity index (χ2n) is 6.41. The molecule has 1 aromatic carbocycles. The van der Waals surface area contributed by atoms with E-state index in [2.05, 4.69) is 43.0 Å². The van der Waals surface area contributed by atoms with Crippen LogP contribution in [0.3, 0.4) is 0 Å². The molecule has 0 aliphatic rings. The second kappa shape index (κ2) is 5.74. The van der Waals surface area contributed by atoms with E-state index in [1.54, 1.807) is 4.52 Å². The average Bonchev–Trinajstić information content (AvgIpc) is 2.89. The molecule has 24 heavy (non-hydrogen) atoms. The Balaban J connectivity index is 2.16. The van der Waals surface area contributed by atoms with Gasteiger partial charge in [-0.15, -0.1) is 0 Å². The smallest absolute Gasteiger partial charge is 0.341 e. The molecule has 2 heterocycles. The van der Waals surface area contributed by atoms with Crippen LogP contribution < -0.4 is 0 Å². The largest absolute Gasteiger partial charge is 0.477 e. The van der Waals surface area contributed by atoms with Gasteiger partial charge in [-0.05, 0) is 56.9 Å². The highest BCUT2D eigenvalue weighted by Crippen LogP contribution is 2.24. The van der Waals surface area contributed by atoms with Gasteiger partial charge in [0.25, 0.3) is 0 Å². The summed E-state index contributed by atoms with van der Waals surface area (Å²) in [5.41, 5.74) is 8.49. The quantitative estimate of drug-likeness (QED) is 0.800. The Bertz CT molecular complexity index is 947. The zero-order chi connectivity index (χ0) is 17.6. The van der Waals surface area contributed by atoms with E-state index >= 15 is 0 Å². The third kappa shape index (κ3) is 2.56. The molecule has 2 aromatic heterocycles. The third-order valence-corrected chi connectivity index (χ3v) is 4.63. The molecule has 0 fully saturated rings. The number of rotatable bonds is 3. The number of carbonyl (C=O) groups is 1. The molecule has 0 aliphatic heterocycles. The number of aromatic carboxylic acids is 1. The molecular weight excluding hydrogens is 302 g/mol. The Labute approximate surface area is 141 Å². The standard InChI is InChI=1S/C19H21N3O2/c1-10-6-11(2)15(12(3)7-10)8-16-13(4)21-18-17(19(23)24)9-20-22(18)14(16)5/h6-7,9H,8H2,1-5H3,(H,23,24). The van der Waals surface area contributed by atoms with Crippen molar-refractivity contribution in [2.75, 3.05) is 0 Å². The first-order valence-electron chi connectivity index (χ1n) is 7.93. The van der Waals surface area contributed by atoms with Crippen LogP contribution in [0.25, 0.3) is 5.65 Å². The number of aryl methyl sites for hydroxylation is 5. The maximum atomic E-state index is 11.3. The highest BCUT2D eigenvalue weighted by molar-refractivity contribution is 5.94. The van der Waals surface area contributed by atoms with Gasteiger partial charge in [-0.25, -0.2) is 14.3 Å². The first-order chi connectivity index (χ1) is 11.3. The van der Waals surface area contributed by atoms with Crippen molar-refractivity contribution in [1.82, 2.24) is 14.6 Å². The number of benzene rings is 1. The molecule has 0 radical (unpaired) electrons. The van der Waals surface area contributed by atoms with Crippen LogP contribution in [0.1, 0.15) is 49.6 Å². The lowest BCUT2D eigenvalue weighted by atomic mass is 9.93. The van der Waals surface area contributed by atoms with Gasteiger partial charge < -0.3 is 5.11 Å². The summed E-state index contributed by atoms with van der Waals surface area (Å²) in [4.78, 5) is 15.8. The molecule has 124 valence electrons. The van der Waals surface area contributed by atoms with Crippen molar-refractivity contribution in [2.24, 2.45) is 0 Å². The molecule has 0 bridgehead atoms. The number of hydrogen-bond acceptors (Lipinski definition) is 3. The van der Waals surface area contributed by atoms with Crippen LogP contribution in [0, 0.1) is 34.6 Å². The number of carboxylic acid groups (broad SMARTS) is 1. The fourth-order valence-corrected chi connectivity index (χ4v) is 3.38. The molecule has 5 nitrogen and oxygen atoms in total. The maximum Gasteiger partial charge on any atom is 0.341 e. The average molecular weight is 323 g/mol. The SMILES string of the molecule is Cc1cc(C)c(Cc2c(C)nc3c(C(=O)O)cnn3c2C)c(C)c1. The fourth-order valence-electron chi connectivity index (χ4n) is 3.38. The Kier molecular flexibility index (Phi) is 3.87. The third-order valence-electron chi connectivity index (χ3n) is 4.63. The van der Waals surface area contributed by atoms with Crippen molar-refractivity contribution in [3.63, 3.8) is 0 Å². The lowest BCUT2D eigenvalue weighted by molar-refractivity contribution is 0.0698. The van der Waals surface area contributed by atoms with Gasteiger partial charge in [0.05, 0.1) is 6.20 Å². The molecule has 0 aliphatic carbocycles. The van der Waals surface area contributed by atoms with Gasteiger partial charge in [-0.1, -0.05) is 17.7 Å². The lowest BCUT2D eigenvalue weighted by Crippen LogP contribution is -2.09. The van der Waals surface area contributed by atoms with Crippen LogP contribution >= 0.6 is 0 Å². The van der Waals surface area contributed by atoms with Crippen LogP contribution in [-0.4, -0.2) is 25.7 Å². The Morgan fingerprint density at radius 1 is 1.08 bits per heavy atom. The van der Waals surface area contributed by atoms with E-state index in [0.29, 0.717) is 5.65 Å². The summed E-state index contributed by atoms with van der Waals surface area (Å²) in [7, 11) is 0. The zero-order valence-electron chi connectivity index (χ0n) is 14.6. The normalized spacial score (nSPS) is 11.2. The molecule has 3 aromatic rings. The predicted molar refractivity (Wildman–Crippen MR) is 92.9 cm³/mol. The first kappa shape index (κ1) is 16.2. The van der Waals surface area contributed by atoms with E-state index in [9.17, 15) is 9.90 Å². The lowest BCUT2D eigenvalue weighted by Gasteiger charge is -2.15. The molecule has 0 spiro atoms. The molecule has 5 heteroatoms. The van der Waals surface area contributed by atoms with E-state index in [1.807, 2.05) is 13.8 Å². The number of nitrogens with zero attached hydrogens (tertiary/aromatic N) is 3. The second-order valence-corrected chi connectivity index (χ2v) is 6.41. The predicted octanol–water partition coefficient (Wildman–Crippen LogP) is 3.56. The van der Waals surface area contributed by atoms with Crippen LogP contribution in [0.4, 0.5) is 0 Å². The molecule has 0 unspecified atom stereocenters. The number of fused-ring (bicyclic) bond motifs is 1. The fraction of sp³-hybridized carbons (Fsp3) is 0.316. The number of carboxylic acids is 1. The van der Waals surface area contributed by atoms with E-state index in [0.717, 1.165) is 23.4 Å². The minimum Gasteiger partial charge on any atom is -0.477 e. The van der Waals surface area contributed by atoms with E-state index in [-0.39, 0.29) is 5.56 Å². The van der Waals surface area contributed by atoms with Crippen molar-refractivity contribution in [3.8, 4) is 0 Å². The Morgan fingerprint density at radius 2 is 1.71 bits per heavy atom. The van der Waals surface area contributed by atoms with Gasteiger partial charge in [0.15, 0.2) is 5.65 Å². The molecule has 0 saturated carbocycles. The van der Waals surface area contributed by atoms with Crippen LogP contribution in [0.5, 0.6) is 0 Å². The van der Waals surface area contributed by atoms with Gasteiger partial charge in [-0.3, -0.25) is 0 Å². The van der Waals surface area contributed by atoms with E-state index in [1.165, 1.54) is 28.5 Å². The molecule has 0 atom stereocenters. The zero-order valence-corrected chi connectivity index (χ0v) is 14.6. The van der Waals surface area contributed by atoms with Crippen LogP contribution in [0.15, 0.2) is 18.3 Å². The summed E-state index contributed by atoms with van der Waals surface area (Å²) in [5.74, 6) is -1.01. The van der Waals surface area contributed by atoms with Gasteiger partial charge in [-0.2, -0.15) is 5.10 Å². The van der Waals surface area contributed by atoms with Crippen LogP contribution in [0.2, 0.25) is 0 Å². The van der Waals surface area contributed by atoms with Crippen molar-refractivity contribution in [1.29, 1.82) is 0 Å². The van der Waals surface area contributed by atoms with E-state index < -0.39 is 5.97 Å². The number of hydrogen-bond donors (Lipinski definition) is 1. The Morgan fingerprint density at radius 3 is 2.29 bits per heavy atom. The van der Waals surface area contributed by atoms with Gasteiger partial charge in [0.2, 0.25) is 0 Å². The molecule has 0 amide bonds. The summed E-state index contributed by atoms with van der Waals surface area (Å²) < 4.78 is 1.63. The monoisotopic (exact) mass is 323 g/mol. The summed E-state index contributed by atoms with van der Waals surface area (Å²) in [6.07, 6.45) is 2.13. The molecule has 1 N–H and O–H groups in total. The highest BCUT2D eigenvalue weighted by Gasteiger charge is 2.18. The summed E-state index contributed by atoms with van der Waals surface area (Å²) in [6, 6.07) is 4.38. The molecular formula is C19H21N3O2. The minimum atomic E-state index is -1.01. The number of aromatic nitrogens is 3. The van der Waals surface area contributed by atoms with Crippen LogP contribution in [-0.2, 0) is 6.42 Å². The van der Waals surface area contributed by atoms with Gasteiger partial charge in [0.1, 0.15) is 5.56 Å². The maximum absolute atomic E-state index is 11.3. The van der Waals surface area contributed by atoms with E-state index in [4.69, 9.17) is 0 Å². The highest BCUT2D eigenvalue weighted by atomic mass is 16.4.